The van der Waals surface area contributed by atoms with Gasteiger partial charge in [-0.1, -0.05) is 32.4 Å². The molecule has 0 aliphatic rings. The molecule has 1 aromatic rings. The van der Waals surface area contributed by atoms with Crippen molar-refractivity contribution in [2.45, 2.75) is 52.6 Å². The lowest BCUT2D eigenvalue weighted by molar-refractivity contribution is 0.247. The summed E-state index contributed by atoms with van der Waals surface area (Å²) in [4.78, 5) is 11.9. The zero-order valence-corrected chi connectivity index (χ0v) is 12.9. The van der Waals surface area contributed by atoms with Crippen LogP contribution in [0.2, 0.25) is 0 Å². The standard InChI is InChI=1S/C16H27N3O/c1-5-11(2)10-12(3)18-16(20)19-15-8-6-14(7-9-15)13(4)17/h6-9,11-13H,5,10,17H2,1-4H3,(H2,18,19,20). The fourth-order valence-electron chi connectivity index (χ4n) is 2.09. The first kappa shape index (κ1) is 16.5. The highest BCUT2D eigenvalue weighted by atomic mass is 16.2. The molecule has 2 amide bonds. The van der Waals surface area contributed by atoms with Crippen LogP contribution < -0.4 is 16.4 Å². The summed E-state index contributed by atoms with van der Waals surface area (Å²) in [5.41, 5.74) is 7.63. The van der Waals surface area contributed by atoms with Crippen LogP contribution in [-0.4, -0.2) is 12.1 Å². The second-order valence-electron chi connectivity index (χ2n) is 5.66. The molecule has 0 saturated carbocycles. The van der Waals surface area contributed by atoms with Gasteiger partial charge in [-0.15, -0.1) is 0 Å². The summed E-state index contributed by atoms with van der Waals surface area (Å²) in [5, 5.41) is 5.80. The molecule has 0 aliphatic carbocycles. The highest BCUT2D eigenvalue weighted by molar-refractivity contribution is 5.89. The molecule has 0 bridgehead atoms. The van der Waals surface area contributed by atoms with Crippen LogP contribution in [0.1, 0.15) is 52.1 Å². The minimum atomic E-state index is -0.158. The summed E-state index contributed by atoms with van der Waals surface area (Å²) in [6, 6.07) is 7.64. The van der Waals surface area contributed by atoms with Gasteiger partial charge in [0.15, 0.2) is 0 Å². The van der Waals surface area contributed by atoms with Crippen molar-refractivity contribution in [3.8, 4) is 0 Å². The Bertz CT molecular complexity index is 414. The minimum absolute atomic E-state index is 0.00781. The zero-order valence-electron chi connectivity index (χ0n) is 12.9. The molecule has 1 aromatic carbocycles. The van der Waals surface area contributed by atoms with E-state index in [9.17, 15) is 4.79 Å². The van der Waals surface area contributed by atoms with Gasteiger partial charge in [0.25, 0.3) is 0 Å². The summed E-state index contributed by atoms with van der Waals surface area (Å²) in [6.45, 7) is 8.33. The number of benzene rings is 1. The average Bonchev–Trinajstić information content (AvgIpc) is 2.38. The highest BCUT2D eigenvalue weighted by Crippen LogP contribution is 2.14. The fraction of sp³-hybridized carbons (Fsp3) is 0.562. The van der Waals surface area contributed by atoms with Gasteiger partial charge in [0, 0.05) is 17.8 Å². The van der Waals surface area contributed by atoms with Crippen molar-refractivity contribution in [1.29, 1.82) is 0 Å². The Hall–Kier alpha value is -1.55. The molecule has 1 rings (SSSR count). The van der Waals surface area contributed by atoms with Crippen LogP contribution in [0.3, 0.4) is 0 Å². The number of hydrogen-bond acceptors (Lipinski definition) is 2. The third kappa shape index (κ3) is 5.61. The third-order valence-corrected chi connectivity index (χ3v) is 3.52. The monoisotopic (exact) mass is 277 g/mol. The molecular weight excluding hydrogens is 250 g/mol. The molecule has 0 radical (unpaired) electrons. The van der Waals surface area contributed by atoms with E-state index in [1.165, 1.54) is 0 Å². The number of carbonyl (C=O) groups is 1. The minimum Gasteiger partial charge on any atom is -0.335 e. The van der Waals surface area contributed by atoms with Crippen molar-refractivity contribution >= 4 is 11.7 Å². The first-order valence-corrected chi connectivity index (χ1v) is 7.35. The number of carbonyl (C=O) groups excluding carboxylic acids is 1. The van der Waals surface area contributed by atoms with Gasteiger partial charge in [-0.2, -0.15) is 0 Å². The molecule has 112 valence electrons. The first-order chi connectivity index (χ1) is 9.42. The Balaban J connectivity index is 2.45. The van der Waals surface area contributed by atoms with Crippen molar-refractivity contribution < 1.29 is 4.79 Å². The molecule has 0 spiro atoms. The van der Waals surface area contributed by atoms with Gasteiger partial charge in [0.05, 0.1) is 0 Å². The second kappa shape index (κ2) is 7.90. The quantitative estimate of drug-likeness (QED) is 0.743. The van der Waals surface area contributed by atoms with Crippen LogP contribution in [-0.2, 0) is 0 Å². The van der Waals surface area contributed by atoms with Crippen molar-refractivity contribution in [2.24, 2.45) is 11.7 Å². The largest absolute Gasteiger partial charge is 0.335 e. The van der Waals surface area contributed by atoms with Gasteiger partial charge in [-0.05, 0) is 43.9 Å². The van der Waals surface area contributed by atoms with Crippen LogP contribution in [0.25, 0.3) is 0 Å². The highest BCUT2D eigenvalue weighted by Gasteiger charge is 2.10. The summed E-state index contributed by atoms with van der Waals surface area (Å²) in [7, 11) is 0. The van der Waals surface area contributed by atoms with E-state index in [2.05, 4.69) is 24.5 Å². The Morgan fingerprint density at radius 2 is 1.80 bits per heavy atom. The molecule has 4 nitrogen and oxygen atoms in total. The number of rotatable bonds is 6. The van der Waals surface area contributed by atoms with Gasteiger partial charge in [-0.25, -0.2) is 4.79 Å². The molecule has 0 aliphatic heterocycles. The van der Waals surface area contributed by atoms with E-state index in [4.69, 9.17) is 5.73 Å². The number of hydrogen-bond donors (Lipinski definition) is 3. The number of urea groups is 1. The third-order valence-electron chi connectivity index (χ3n) is 3.52. The van der Waals surface area contributed by atoms with Crippen molar-refractivity contribution in [3.63, 3.8) is 0 Å². The summed E-state index contributed by atoms with van der Waals surface area (Å²) in [5.74, 6) is 0.621. The Morgan fingerprint density at radius 3 is 2.30 bits per heavy atom. The normalized spacial score (nSPS) is 15.2. The van der Waals surface area contributed by atoms with Gasteiger partial charge in [-0.3, -0.25) is 0 Å². The molecule has 0 fully saturated rings. The topological polar surface area (TPSA) is 67.2 Å². The number of nitrogens with two attached hydrogens (primary N) is 1. The lowest BCUT2D eigenvalue weighted by Crippen LogP contribution is -2.36. The summed E-state index contributed by atoms with van der Waals surface area (Å²) < 4.78 is 0. The SMILES string of the molecule is CCC(C)CC(C)NC(=O)Nc1ccc(C(C)N)cc1. The molecule has 20 heavy (non-hydrogen) atoms. The van der Waals surface area contributed by atoms with Crippen molar-refractivity contribution in [2.75, 3.05) is 5.32 Å². The van der Waals surface area contributed by atoms with E-state index in [0.29, 0.717) is 5.92 Å². The predicted molar refractivity (Wildman–Crippen MR) is 84.7 cm³/mol. The zero-order chi connectivity index (χ0) is 15.1. The lowest BCUT2D eigenvalue weighted by Gasteiger charge is -2.18. The summed E-state index contributed by atoms with van der Waals surface area (Å²) >= 11 is 0. The molecule has 4 heteroatoms. The van der Waals surface area contributed by atoms with E-state index >= 15 is 0 Å². The van der Waals surface area contributed by atoms with E-state index < -0.39 is 0 Å². The molecule has 0 heterocycles. The van der Waals surface area contributed by atoms with Gasteiger partial charge in [0.1, 0.15) is 0 Å². The molecule has 4 N–H and O–H groups in total. The molecule has 0 saturated heterocycles. The number of anilines is 1. The average molecular weight is 277 g/mol. The molecular formula is C16H27N3O. The van der Waals surface area contributed by atoms with Crippen LogP contribution >= 0.6 is 0 Å². The van der Waals surface area contributed by atoms with Gasteiger partial charge < -0.3 is 16.4 Å². The maximum absolute atomic E-state index is 11.9. The van der Waals surface area contributed by atoms with E-state index in [-0.39, 0.29) is 18.1 Å². The second-order valence-corrected chi connectivity index (χ2v) is 5.66. The van der Waals surface area contributed by atoms with Crippen LogP contribution in [0.4, 0.5) is 10.5 Å². The Labute approximate surface area is 122 Å². The Kier molecular flexibility index (Phi) is 6.52. The summed E-state index contributed by atoms with van der Waals surface area (Å²) in [6.07, 6.45) is 2.12. The van der Waals surface area contributed by atoms with Crippen molar-refractivity contribution in [1.82, 2.24) is 5.32 Å². The van der Waals surface area contributed by atoms with E-state index in [0.717, 1.165) is 24.1 Å². The Morgan fingerprint density at radius 1 is 1.20 bits per heavy atom. The maximum atomic E-state index is 11.9. The number of amides is 2. The maximum Gasteiger partial charge on any atom is 0.319 e. The molecule has 3 atom stereocenters. The molecule has 3 unspecified atom stereocenters. The first-order valence-electron chi connectivity index (χ1n) is 7.35. The lowest BCUT2D eigenvalue weighted by atomic mass is 10.0. The van der Waals surface area contributed by atoms with Crippen LogP contribution in [0.5, 0.6) is 0 Å². The smallest absolute Gasteiger partial charge is 0.319 e. The van der Waals surface area contributed by atoms with Crippen LogP contribution in [0, 0.1) is 5.92 Å². The van der Waals surface area contributed by atoms with Crippen LogP contribution in [0.15, 0.2) is 24.3 Å². The van der Waals surface area contributed by atoms with Crippen molar-refractivity contribution in [3.05, 3.63) is 29.8 Å². The van der Waals surface area contributed by atoms with Gasteiger partial charge >= 0.3 is 6.03 Å². The number of nitrogens with one attached hydrogen (secondary N) is 2. The fourth-order valence-corrected chi connectivity index (χ4v) is 2.09. The molecule has 0 aromatic heterocycles. The van der Waals surface area contributed by atoms with Gasteiger partial charge in [0.2, 0.25) is 0 Å². The van der Waals surface area contributed by atoms with E-state index in [1.807, 2.05) is 38.1 Å². The van der Waals surface area contributed by atoms with E-state index in [1.54, 1.807) is 0 Å². The predicted octanol–water partition coefficient (Wildman–Crippen LogP) is 3.65.